The Morgan fingerprint density at radius 1 is 1.40 bits per heavy atom. The molecule has 0 saturated carbocycles. The van der Waals surface area contributed by atoms with E-state index >= 15 is 0 Å². The van der Waals surface area contributed by atoms with E-state index in [4.69, 9.17) is 0 Å². The van der Waals surface area contributed by atoms with Crippen LogP contribution in [-0.2, 0) is 6.54 Å². The predicted octanol–water partition coefficient (Wildman–Crippen LogP) is 1.02. The Kier molecular flexibility index (Phi) is 5.70. The van der Waals surface area contributed by atoms with Crippen LogP contribution in [0.4, 0.5) is 0 Å². The van der Waals surface area contributed by atoms with Gasteiger partial charge in [-0.05, 0) is 32.4 Å². The summed E-state index contributed by atoms with van der Waals surface area (Å²) in [5.41, 5.74) is 0.0338. The summed E-state index contributed by atoms with van der Waals surface area (Å²) in [6, 6.07) is 1.50. The first kappa shape index (κ1) is 11.9. The van der Waals surface area contributed by atoms with Crippen LogP contribution in [0.1, 0.15) is 26.2 Å². The average Bonchev–Trinajstić information content (AvgIpc) is 2.25. The maximum atomic E-state index is 11.3. The lowest BCUT2D eigenvalue weighted by Gasteiger charge is -2.04. The van der Waals surface area contributed by atoms with Gasteiger partial charge in [-0.15, -0.1) is 0 Å². The van der Waals surface area contributed by atoms with Gasteiger partial charge in [0.15, 0.2) is 0 Å². The van der Waals surface area contributed by atoms with Crippen LogP contribution in [0.2, 0.25) is 0 Å². The molecule has 0 amide bonds. The molecule has 4 nitrogen and oxygen atoms in total. The lowest BCUT2D eigenvalue weighted by atomic mass is 10.3. The molecular weight excluding hydrogens is 190 g/mol. The second-order valence-corrected chi connectivity index (χ2v) is 3.57. The molecule has 1 heterocycles. The molecule has 0 radical (unpaired) electrons. The molecule has 1 N–H and O–H groups in total. The van der Waals surface area contributed by atoms with Crippen molar-refractivity contribution in [2.45, 2.75) is 32.7 Å². The maximum absolute atomic E-state index is 11.3. The van der Waals surface area contributed by atoms with Gasteiger partial charge in [-0.3, -0.25) is 9.36 Å². The Labute approximate surface area is 90.3 Å². The Morgan fingerprint density at radius 2 is 2.27 bits per heavy atom. The van der Waals surface area contributed by atoms with Crippen LogP contribution in [0.3, 0.4) is 0 Å². The van der Waals surface area contributed by atoms with E-state index in [1.54, 1.807) is 10.9 Å². The summed E-state index contributed by atoms with van der Waals surface area (Å²) in [5, 5.41) is 3.33. The molecule has 84 valence electrons. The first-order valence-electron chi connectivity index (χ1n) is 5.55. The summed E-state index contributed by atoms with van der Waals surface area (Å²) in [7, 11) is 0. The standard InChI is InChI=1S/C11H19N3O/c1-2-6-12-7-3-4-9-14-10-13-8-5-11(14)15/h5,8,10,12H,2-4,6-7,9H2,1H3. The predicted molar refractivity (Wildman–Crippen MR) is 60.9 cm³/mol. The van der Waals surface area contributed by atoms with Crippen LogP contribution in [-0.4, -0.2) is 22.6 Å². The molecule has 0 spiro atoms. The first-order valence-corrected chi connectivity index (χ1v) is 5.55. The summed E-state index contributed by atoms with van der Waals surface area (Å²) in [4.78, 5) is 15.2. The molecule has 0 fully saturated rings. The summed E-state index contributed by atoms with van der Waals surface area (Å²) in [5.74, 6) is 0. The van der Waals surface area contributed by atoms with Gasteiger partial charge in [-0.2, -0.15) is 0 Å². The second-order valence-electron chi connectivity index (χ2n) is 3.57. The summed E-state index contributed by atoms with van der Waals surface area (Å²) < 4.78 is 1.65. The third-order valence-electron chi connectivity index (χ3n) is 2.22. The molecule has 1 aromatic rings. The summed E-state index contributed by atoms with van der Waals surface area (Å²) in [6.07, 6.45) is 6.41. The zero-order valence-corrected chi connectivity index (χ0v) is 9.28. The second kappa shape index (κ2) is 7.17. The molecule has 0 aliphatic carbocycles. The highest BCUT2D eigenvalue weighted by Gasteiger charge is 1.94. The van der Waals surface area contributed by atoms with Gasteiger partial charge in [0, 0.05) is 18.8 Å². The smallest absolute Gasteiger partial charge is 0.253 e. The highest BCUT2D eigenvalue weighted by atomic mass is 16.1. The van der Waals surface area contributed by atoms with Gasteiger partial charge in [0.05, 0.1) is 6.33 Å². The van der Waals surface area contributed by atoms with Crippen molar-refractivity contribution in [3.8, 4) is 0 Å². The van der Waals surface area contributed by atoms with E-state index in [0.29, 0.717) is 0 Å². The van der Waals surface area contributed by atoms with Crippen LogP contribution < -0.4 is 10.9 Å². The molecule has 15 heavy (non-hydrogen) atoms. The van der Waals surface area contributed by atoms with Crippen LogP contribution in [0.15, 0.2) is 23.4 Å². The van der Waals surface area contributed by atoms with Crippen LogP contribution in [0.5, 0.6) is 0 Å². The van der Waals surface area contributed by atoms with Gasteiger partial charge in [0.2, 0.25) is 0 Å². The fourth-order valence-electron chi connectivity index (χ4n) is 1.38. The minimum atomic E-state index is 0.0338. The molecule has 0 aliphatic rings. The maximum Gasteiger partial charge on any atom is 0.253 e. The van der Waals surface area contributed by atoms with E-state index in [1.807, 2.05) is 0 Å². The molecule has 0 aliphatic heterocycles. The monoisotopic (exact) mass is 209 g/mol. The number of aromatic nitrogens is 2. The molecule has 0 unspecified atom stereocenters. The summed E-state index contributed by atoms with van der Waals surface area (Å²) >= 11 is 0. The van der Waals surface area contributed by atoms with Crippen molar-refractivity contribution in [2.24, 2.45) is 0 Å². The van der Waals surface area contributed by atoms with E-state index in [9.17, 15) is 4.79 Å². The normalized spacial score (nSPS) is 10.5. The number of nitrogens with one attached hydrogen (secondary N) is 1. The van der Waals surface area contributed by atoms with Gasteiger partial charge < -0.3 is 5.32 Å². The van der Waals surface area contributed by atoms with Gasteiger partial charge in [-0.1, -0.05) is 6.92 Å². The fourth-order valence-corrected chi connectivity index (χ4v) is 1.38. The van der Waals surface area contributed by atoms with E-state index in [1.165, 1.54) is 18.7 Å². The minimum absolute atomic E-state index is 0.0338. The third kappa shape index (κ3) is 4.74. The topological polar surface area (TPSA) is 46.9 Å². The lowest BCUT2D eigenvalue weighted by Crippen LogP contribution is -2.20. The fraction of sp³-hybridized carbons (Fsp3) is 0.636. The highest BCUT2D eigenvalue weighted by molar-refractivity contribution is 4.81. The van der Waals surface area contributed by atoms with Gasteiger partial charge in [0.25, 0.3) is 5.56 Å². The Hall–Kier alpha value is -1.16. The van der Waals surface area contributed by atoms with E-state index in [2.05, 4.69) is 17.2 Å². The van der Waals surface area contributed by atoms with Crippen molar-refractivity contribution in [3.63, 3.8) is 0 Å². The number of unbranched alkanes of at least 4 members (excludes halogenated alkanes) is 1. The van der Waals surface area contributed by atoms with Crippen molar-refractivity contribution in [1.29, 1.82) is 0 Å². The van der Waals surface area contributed by atoms with Gasteiger partial charge in [0.1, 0.15) is 0 Å². The van der Waals surface area contributed by atoms with E-state index in [0.717, 1.165) is 32.5 Å². The molecule has 1 aromatic heterocycles. The molecular formula is C11H19N3O. The number of hydrogen-bond donors (Lipinski definition) is 1. The van der Waals surface area contributed by atoms with E-state index in [-0.39, 0.29) is 5.56 Å². The molecule has 0 atom stereocenters. The summed E-state index contributed by atoms with van der Waals surface area (Å²) in [6.45, 7) is 5.03. The van der Waals surface area contributed by atoms with Gasteiger partial charge >= 0.3 is 0 Å². The Balaban J connectivity index is 2.15. The van der Waals surface area contributed by atoms with Crippen LogP contribution in [0.25, 0.3) is 0 Å². The van der Waals surface area contributed by atoms with E-state index < -0.39 is 0 Å². The quantitative estimate of drug-likeness (QED) is 0.682. The zero-order valence-electron chi connectivity index (χ0n) is 9.28. The first-order chi connectivity index (χ1) is 7.34. The molecule has 4 heteroatoms. The SMILES string of the molecule is CCCNCCCCn1cnccc1=O. The van der Waals surface area contributed by atoms with Crippen LogP contribution >= 0.6 is 0 Å². The number of nitrogens with zero attached hydrogens (tertiary/aromatic N) is 2. The minimum Gasteiger partial charge on any atom is -0.317 e. The number of hydrogen-bond acceptors (Lipinski definition) is 3. The average molecular weight is 209 g/mol. The Bertz CT molecular complexity index is 322. The highest BCUT2D eigenvalue weighted by Crippen LogP contribution is 1.90. The van der Waals surface area contributed by atoms with Gasteiger partial charge in [-0.25, -0.2) is 4.98 Å². The largest absolute Gasteiger partial charge is 0.317 e. The van der Waals surface area contributed by atoms with Crippen molar-refractivity contribution < 1.29 is 0 Å². The molecule has 1 rings (SSSR count). The molecule has 0 saturated heterocycles. The van der Waals surface area contributed by atoms with Crippen LogP contribution in [0, 0.1) is 0 Å². The van der Waals surface area contributed by atoms with Crippen molar-refractivity contribution >= 4 is 0 Å². The lowest BCUT2D eigenvalue weighted by molar-refractivity contribution is 0.553. The van der Waals surface area contributed by atoms with Crippen molar-refractivity contribution in [3.05, 3.63) is 28.9 Å². The van der Waals surface area contributed by atoms with Crippen molar-refractivity contribution in [2.75, 3.05) is 13.1 Å². The zero-order chi connectivity index (χ0) is 10.9. The van der Waals surface area contributed by atoms with Crippen molar-refractivity contribution in [1.82, 2.24) is 14.9 Å². The Morgan fingerprint density at radius 3 is 3.00 bits per heavy atom. The molecule has 0 aromatic carbocycles. The molecule has 0 bridgehead atoms. The number of aryl methyl sites for hydroxylation is 1. The third-order valence-corrected chi connectivity index (χ3v) is 2.22. The number of rotatable bonds is 7.